The summed E-state index contributed by atoms with van der Waals surface area (Å²) >= 11 is 0. The number of benzene rings is 2. The van der Waals surface area contributed by atoms with Crippen LogP contribution in [0.25, 0.3) is 22.3 Å². The zero-order chi connectivity index (χ0) is 43.0. The molecule has 14 nitrogen and oxygen atoms in total. The minimum atomic E-state index is -1.35. The highest BCUT2D eigenvalue weighted by molar-refractivity contribution is 6.06. The highest BCUT2D eigenvalue weighted by Crippen LogP contribution is 2.46. The van der Waals surface area contributed by atoms with Crippen LogP contribution < -0.4 is 30.7 Å². The summed E-state index contributed by atoms with van der Waals surface area (Å²) in [6.45, 7) is 4.61. The van der Waals surface area contributed by atoms with Crippen molar-refractivity contribution >= 4 is 51.5 Å². The van der Waals surface area contributed by atoms with Gasteiger partial charge in [-0.2, -0.15) is 0 Å². The average molecular weight is 858 g/mol. The summed E-state index contributed by atoms with van der Waals surface area (Å²) in [6.07, 6.45) is 11.0. The number of imide groups is 1. The number of nitrogens with zero attached hydrogens (tertiary/aromatic N) is 9. The van der Waals surface area contributed by atoms with E-state index in [0.717, 1.165) is 87.1 Å². The Labute approximate surface area is 364 Å². The van der Waals surface area contributed by atoms with Crippen molar-refractivity contribution in [3.63, 3.8) is 0 Å². The van der Waals surface area contributed by atoms with Crippen molar-refractivity contribution in [2.45, 2.75) is 87.5 Å². The van der Waals surface area contributed by atoms with Gasteiger partial charge in [0.2, 0.25) is 5.91 Å². The summed E-state index contributed by atoms with van der Waals surface area (Å²) in [4.78, 5) is 39.8. The first-order chi connectivity index (χ1) is 30.6. The predicted octanol–water partition coefficient (Wildman–Crippen LogP) is 6.75. The van der Waals surface area contributed by atoms with Crippen LogP contribution in [-0.4, -0.2) is 112 Å². The van der Waals surface area contributed by atoms with E-state index in [0.29, 0.717) is 73.4 Å². The summed E-state index contributed by atoms with van der Waals surface area (Å²) in [5.74, 6) is 0.429. The van der Waals surface area contributed by atoms with Crippen LogP contribution in [0.2, 0.25) is 0 Å². The first kappa shape index (κ1) is 39.8. The Morgan fingerprint density at radius 1 is 0.825 bits per heavy atom. The van der Waals surface area contributed by atoms with Crippen molar-refractivity contribution < 1.29 is 23.5 Å². The number of piperazine rings is 1. The number of pyridine rings is 1. The molecule has 0 radical (unpaired) electrons. The van der Waals surface area contributed by atoms with Gasteiger partial charge in [0.15, 0.2) is 5.82 Å². The molecule has 4 N–H and O–H groups in total. The molecule has 3 aromatic heterocycles. The van der Waals surface area contributed by atoms with Crippen molar-refractivity contribution in [1.82, 2.24) is 30.0 Å². The van der Waals surface area contributed by atoms with E-state index in [4.69, 9.17) is 10.7 Å². The van der Waals surface area contributed by atoms with Gasteiger partial charge in [-0.15, -0.1) is 10.2 Å². The highest BCUT2D eigenvalue weighted by atomic mass is 19.1. The number of urea groups is 1. The topological polar surface area (TPSA) is 152 Å². The molecule has 11 rings (SSSR count). The van der Waals surface area contributed by atoms with Crippen molar-refractivity contribution in [2.24, 2.45) is 0 Å². The van der Waals surface area contributed by atoms with Crippen molar-refractivity contribution in [2.75, 3.05) is 77.7 Å². The minimum Gasteiger partial charge on any atom is -0.507 e. The number of carbonyl (C=O) groups excluding carboxylic acids is 2. The fourth-order valence-electron chi connectivity index (χ4n) is 11.1. The number of aromatic nitrogens is 4. The zero-order valence-corrected chi connectivity index (χ0v) is 35.3. The number of halogens is 2. The normalized spacial score (nSPS) is 23.2. The molecular weight excluding hydrogens is 805 g/mol. The molecule has 328 valence electrons. The molecule has 6 aliphatic rings. The Kier molecular flexibility index (Phi) is 9.88. The van der Waals surface area contributed by atoms with Gasteiger partial charge in [0.25, 0.3) is 0 Å². The number of anilines is 5. The average Bonchev–Trinajstić information content (AvgIpc) is 4.01. The lowest BCUT2D eigenvalue weighted by atomic mass is 9.91. The SMILES string of the molecule is Nc1nnc(-c2ccccc2O)cc1N1CC2CCC(C1)N2c1ccc(F)c(N2CCC(F)(CN3CCC(n4cc(C5CC5)c5cc(N6CCC(=O)NC6=O)cnc54)CC3)CC2)c1. The van der Waals surface area contributed by atoms with Crippen LogP contribution in [0.5, 0.6) is 5.75 Å². The van der Waals surface area contributed by atoms with Crippen LogP contribution in [-0.2, 0) is 4.79 Å². The van der Waals surface area contributed by atoms with Crippen molar-refractivity contribution in [3.8, 4) is 17.0 Å². The first-order valence-corrected chi connectivity index (χ1v) is 22.6. The maximum absolute atomic E-state index is 16.7. The van der Waals surface area contributed by atoms with Gasteiger partial charge in [0.1, 0.15) is 22.9 Å². The number of hydrogen-bond acceptors (Lipinski definition) is 11. The number of aromatic hydroxyl groups is 1. The molecule has 1 saturated carbocycles. The largest absolute Gasteiger partial charge is 0.507 e. The molecule has 6 fully saturated rings. The van der Waals surface area contributed by atoms with Gasteiger partial charge in [0, 0.05) is 113 Å². The van der Waals surface area contributed by atoms with Gasteiger partial charge in [0.05, 0.1) is 29.0 Å². The molecule has 5 saturated heterocycles. The molecule has 5 aromatic rings. The Hall–Kier alpha value is -6.03. The molecule has 8 heterocycles. The minimum absolute atomic E-state index is 0.134. The third-order valence-corrected chi connectivity index (χ3v) is 14.6. The lowest BCUT2D eigenvalue weighted by Gasteiger charge is -2.44. The van der Waals surface area contributed by atoms with Gasteiger partial charge < -0.3 is 35.0 Å². The number of alkyl halides is 1. The highest BCUT2D eigenvalue weighted by Gasteiger charge is 2.42. The number of hydrogen-bond donors (Lipinski definition) is 3. The van der Waals surface area contributed by atoms with E-state index in [-0.39, 0.29) is 42.0 Å². The molecule has 2 aromatic carbocycles. The van der Waals surface area contributed by atoms with E-state index in [1.165, 1.54) is 5.56 Å². The van der Waals surface area contributed by atoms with E-state index in [2.05, 4.69) is 47.0 Å². The molecule has 3 amide bonds. The molecule has 1 aliphatic carbocycles. The van der Waals surface area contributed by atoms with Crippen LogP contribution in [0.15, 0.2) is 67.0 Å². The van der Waals surface area contributed by atoms with Crippen LogP contribution >= 0.6 is 0 Å². The fourth-order valence-corrected chi connectivity index (χ4v) is 11.1. The molecule has 5 aliphatic heterocycles. The number of carbonyl (C=O) groups is 2. The molecular formula is C47H53F2N11O3. The molecule has 0 spiro atoms. The number of amides is 3. The number of nitrogens with two attached hydrogens (primary N) is 1. The lowest BCUT2D eigenvalue weighted by Crippen LogP contribution is -2.54. The second-order valence-corrected chi connectivity index (χ2v) is 18.6. The zero-order valence-electron chi connectivity index (χ0n) is 35.3. The number of para-hydroxylation sites is 1. The summed E-state index contributed by atoms with van der Waals surface area (Å²) in [5, 5.41) is 22.5. The number of likely N-dealkylation sites (tertiary alicyclic amines) is 1. The Bertz CT molecular complexity index is 2570. The van der Waals surface area contributed by atoms with Crippen LogP contribution in [0.4, 0.5) is 42.1 Å². The van der Waals surface area contributed by atoms with E-state index < -0.39 is 11.7 Å². The molecule has 2 atom stereocenters. The van der Waals surface area contributed by atoms with Gasteiger partial charge in [-0.3, -0.25) is 15.0 Å². The van der Waals surface area contributed by atoms with Gasteiger partial charge in [-0.25, -0.2) is 18.6 Å². The van der Waals surface area contributed by atoms with E-state index in [9.17, 15) is 14.7 Å². The summed E-state index contributed by atoms with van der Waals surface area (Å²) in [7, 11) is 0. The number of rotatable bonds is 9. The summed E-state index contributed by atoms with van der Waals surface area (Å²) in [5.41, 5.74) is 11.4. The predicted molar refractivity (Wildman–Crippen MR) is 239 cm³/mol. The number of nitrogen functional groups attached to an aromatic ring is 1. The van der Waals surface area contributed by atoms with E-state index >= 15 is 8.78 Å². The third-order valence-electron chi connectivity index (χ3n) is 14.6. The number of nitrogens with one attached hydrogen (secondary N) is 1. The molecule has 63 heavy (non-hydrogen) atoms. The Balaban J connectivity index is 0.719. The lowest BCUT2D eigenvalue weighted by molar-refractivity contribution is -0.120. The van der Waals surface area contributed by atoms with Crippen molar-refractivity contribution in [1.29, 1.82) is 0 Å². The smallest absolute Gasteiger partial charge is 0.328 e. The maximum Gasteiger partial charge on any atom is 0.328 e. The Morgan fingerprint density at radius 2 is 1.59 bits per heavy atom. The second kappa shape index (κ2) is 15.6. The standard InChI is InChI=1S/C47H53F2N11O3/c48-38-10-9-31(60-32-7-8-33(60)26-57(25-32)41-23-39(53-54-44(41)50)35-3-1-2-4-42(35)61)22-40(38)56-19-14-47(49,15-20-56)28-55-16-11-30(12-17-55)59-27-37(29-5-6-29)36-21-34(24-51-45(36)59)58-18-13-43(62)52-46(58)63/h1-4,9-10,21-24,27,29-30,32-33,61H,5-8,11-20,25-26,28H2,(H2,50,54)(H,52,62,63). The fraction of sp³-hybridized carbons (Fsp3) is 0.468. The van der Waals surface area contributed by atoms with E-state index in [1.807, 2.05) is 35.2 Å². The monoisotopic (exact) mass is 857 g/mol. The number of piperidine rings is 2. The van der Waals surface area contributed by atoms with Crippen LogP contribution in [0.3, 0.4) is 0 Å². The number of phenols is 1. The first-order valence-electron chi connectivity index (χ1n) is 22.6. The number of phenolic OH excluding ortho intramolecular Hbond substituents is 1. The molecule has 2 bridgehead atoms. The maximum atomic E-state index is 16.7. The van der Waals surface area contributed by atoms with Crippen molar-refractivity contribution in [3.05, 3.63) is 78.4 Å². The molecule has 16 heteroatoms. The van der Waals surface area contributed by atoms with Crippen LogP contribution in [0.1, 0.15) is 75.3 Å². The summed E-state index contributed by atoms with van der Waals surface area (Å²) < 4.78 is 34.6. The van der Waals surface area contributed by atoms with Crippen LogP contribution in [0, 0.1) is 5.82 Å². The van der Waals surface area contributed by atoms with Gasteiger partial charge >= 0.3 is 6.03 Å². The summed E-state index contributed by atoms with van der Waals surface area (Å²) in [6, 6.07) is 16.6. The third kappa shape index (κ3) is 7.45. The molecule has 2 unspecified atom stereocenters. The van der Waals surface area contributed by atoms with Gasteiger partial charge in [-0.05, 0) is 92.5 Å². The second-order valence-electron chi connectivity index (χ2n) is 18.6. The quantitative estimate of drug-likeness (QED) is 0.145. The Morgan fingerprint density at radius 3 is 2.32 bits per heavy atom. The van der Waals surface area contributed by atoms with Gasteiger partial charge in [-0.1, -0.05) is 12.1 Å². The van der Waals surface area contributed by atoms with E-state index in [1.54, 1.807) is 29.3 Å². The number of fused-ring (bicyclic) bond motifs is 3.